The molecule has 1 fully saturated rings. The maximum atomic E-state index is 11.9. The van der Waals surface area contributed by atoms with Crippen LogP contribution in [0.1, 0.15) is 6.92 Å². The monoisotopic (exact) mass is 343 g/mol. The number of carbonyl (C=O) groups excluding carboxylic acids is 3. The number of amides is 2. The zero-order valence-electron chi connectivity index (χ0n) is 11.7. The van der Waals surface area contributed by atoms with Crippen molar-refractivity contribution in [3.8, 4) is 0 Å². The van der Waals surface area contributed by atoms with Crippen LogP contribution in [0.15, 0.2) is 18.3 Å². The van der Waals surface area contributed by atoms with E-state index in [2.05, 4.69) is 10.3 Å². The number of pyridine rings is 1. The van der Waals surface area contributed by atoms with E-state index in [-0.39, 0.29) is 11.8 Å². The molecule has 1 aliphatic rings. The molecule has 118 valence electrons. The molecule has 1 aliphatic heterocycles. The Morgan fingerprint density at radius 2 is 2.32 bits per heavy atom. The van der Waals surface area contributed by atoms with Crippen LogP contribution in [-0.4, -0.2) is 51.9 Å². The average molecular weight is 344 g/mol. The maximum absolute atomic E-state index is 11.9. The van der Waals surface area contributed by atoms with E-state index in [1.807, 2.05) is 0 Å². The smallest absolute Gasteiger partial charge is 0.326 e. The van der Waals surface area contributed by atoms with E-state index in [0.29, 0.717) is 23.1 Å². The zero-order chi connectivity index (χ0) is 16.1. The lowest BCUT2D eigenvalue weighted by Crippen LogP contribution is -2.36. The van der Waals surface area contributed by atoms with Crippen molar-refractivity contribution < 1.29 is 19.1 Å². The van der Waals surface area contributed by atoms with Gasteiger partial charge in [-0.05, 0) is 19.1 Å². The first kappa shape index (κ1) is 16.6. The first-order valence-corrected chi connectivity index (χ1v) is 7.85. The number of nitrogens with one attached hydrogen (secondary N) is 1. The van der Waals surface area contributed by atoms with E-state index in [1.165, 1.54) is 24.1 Å². The average Bonchev–Trinajstić information content (AvgIpc) is 2.86. The van der Waals surface area contributed by atoms with Crippen molar-refractivity contribution >= 4 is 46.3 Å². The Morgan fingerprint density at radius 1 is 1.55 bits per heavy atom. The summed E-state index contributed by atoms with van der Waals surface area (Å²) in [7, 11) is 0. The number of nitrogens with zero attached hydrogens (tertiary/aromatic N) is 2. The summed E-state index contributed by atoms with van der Waals surface area (Å²) < 4.78 is 5.01. The molecule has 1 N–H and O–H groups in total. The first-order valence-electron chi connectivity index (χ1n) is 6.49. The van der Waals surface area contributed by atoms with Gasteiger partial charge in [-0.1, -0.05) is 23.4 Å². The minimum atomic E-state index is -0.990. The van der Waals surface area contributed by atoms with Gasteiger partial charge in [0.2, 0.25) is 0 Å². The molecule has 0 bridgehead atoms. The van der Waals surface area contributed by atoms with Crippen LogP contribution in [0.4, 0.5) is 10.6 Å². The number of anilines is 1. The van der Waals surface area contributed by atoms with E-state index in [1.54, 1.807) is 6.07 Å². The number of hydrogen-bond acceptors (Lipinski definition) is 6. The molecule has 2 heterocycles. The summed E-state index contributed by atoms with van der Waals surface area (Å²) in [6.45, 7) is 1.81. The molecule has 0 saturated carbocycles. The predicted molar refractivity (Wildman–Crippen MR) is 82.9 cm³/mol. The largest absolute Gasteiger partial charge is 0.451 e. The number of halogens is 1. The van der Waals surface area contributed by atoms with Gasteiger partial charge in [-0.25, -0.2) is 4.98 Å². The molecule has 1 aromatic rings. The summed E-state index contributed by atoms with van der Waals surface area (Å²) in [5.41, 5.74) is 0. The Morgan fingerprint density at radius 3 is 2.91 bits per heavy atom. The Kier molecular flexibility index (Phi) is 5.62. The second-order valence-electron chi connectivity index (χ2n) is 4.52. The summed E-state index contributed by atoms with van der Waals surface area (Å²) in [6.07, 6.45) is 0.403. The van der Waals surface area contributed by atoms with Gasteiger partial charge in [0.15, 0.2) is 6.10 Å². The van der Waals surface area contributed by atoms with Gasteiger partial charge in [-0.3, -0.25) is 14.4 Å². The SMILES string of the molecule is CC(OC(=O)CN1CCSC1=O)C(=O)Nc1ccc(Cl)cn1. The summed E-state index contributed by atoms with van der Waals surface area (Å²) in [4.78, 5) is 40.3. The van der Waals surface area contributed by atoms with E-state index in [0.717, 1.165) is 11.8 Å². The molecule has 1 saturated heterocycles. The van der Waals surface area contributed by atoms with Crippen LogP contribution in [0.3, 0.4) is 0 Å². The molecule has 2 rings (SSSR count). The number of thioether (sulfide) groups is 1. The first-order chi connectivity index (χ1) is 10.5. The Bertz CT molecular complexity index is 581. The molecule has 1 aromatic heterocycles. The minimum absolute atomic E-state index is 0.150. The third-order valence-electron chi connectivity index (χ3n) is 2.82. The summed E-state index contributed by atoms with van der Waals surface area (Å²) in [5, 5.41) is 2.80. The lowest BCUT2D eigenvalue weighted by Gasteiger charge is -2.16. The molecule has 2 amide bonds. The summed E-state index contributed by atoms with van der Waals surface area (Å²) >= 11 is 6.85. The number of aromatic nitrogens is 1. The van der Waals surface area contributed by atoms with Crippen molar-refractivity contribution in [2.75, 3.05) is 24.2 Å². The fourth-order valence-corrected chi connectivity index (χ4v) is 2.63. The lowest BCUT2D eigenvalue weighted by atomic mass is 10.3. The highest BCUT2D eigenvalue weighted by atomic mass is 35.5. The molecule has 9 heteroatoms. The highest BCUT2D eigenvalue weighted by molar-refractivity contribution is 8.13. The molecule has 0 radical (unpaired) electrons. The third kappa shape index (κ3) is 4.60. The highest BCUT2D eigenvalue weighted by Gasteiger charge is 2.26. The minimum Gasteiger partial charge on any atom is -0.451 e. The lowest BCUT2D eigenvalue weighted by molar-refractivity contribution is -0.153. The molecular formula is C13H14ClN3O4S. The van der Waals surface area contributed by atoms with Gasteiger partial charge < -0.3 is 15.0 Å². The Hall–Kier alpha value is -1.80. The normalized spacial score (nSPS) is 15.5. The van der Waals surface area contributed by atoms with Gasteiger partial charge in [0.1, 0.15) is 12.4 Å². The number of ether oxygens (including phenoxy) is 1. The highest BCUT2D eigenvalue weighted by Crippen LogP contribution is 2.17. The quantitative estimate of drug-likeness (QED) is 0.820. The second kappa shape index (κ2) is 7.46. The van der Waals surface area contributed by atoms with Crippen molar-refractivity contribution in [1.82, 2.24) is 9.88 Å². The van der Waals surface area contributed by atoms with Crippen LogP contribution in [-0.2, 0) is 14.3 Å². The van der Waals surface area contributed by atoms with E-state index in [4.69, 9.17) is 16.3 Å². The molecule has 0 aromatic carbocycles. The van der Waals surface area contributed by atoms with Crippen molar-refractivity contribution in [3.63, 3.8) is 0 Å². The van der Waals surface area contributed by atoms with Gasteiger partial charge in [-0.15, -0.1) is 0 Å². The number of rotatable bonds is 5. The molecule has 7 nitrogen and oxygen atoms in total. The van der Waals surface area contributed by atoms with Gasteiger partial charge in [0, 0.05) is 18.5 Å². The number of carbonyl (C=O) groups is 3. The maximum Gasteiger partial charge on any atom is 0.326 e. The molecule has 22 heavy (non-hydrogen) atoms. The van der Waals surface area contributed by atoms with Crippen molar-refractivity contribution in [2.24, 2.45) is 0 Å². The fourth-order valence-electron chi connectivity index (χ4n) is 1.69. The van der Waals surface area contributed by atoms with Crippen molar-refractivity contribution in [1.29, 1.82) is 0 Å². The van der Waals surface area contributed by atoms with Crippen LogP contribution < -0.4 is 5.32 Å². The second-order valence-corrected chi connectivity index (χ2v) is 6.00. The number of esters is 1. The standard InChI is InChI=1S/C13H14ClN3O4S/c1-8(12(19)16-10-3-2-9(14)6-15-10)21-11(18)7-17-4-5-22-13(17)20/h2-3,6,8H,4-5,7H2,1H3,(H,15,16,19). The topological polar surface area (TPSA) is 88.6 Å². The summed E-state index contributed by atoms with van der Waals surface area (Å²) in [6, 6.07) is 3.12. The van der Waals surface area contributed by atoms with Crippen LogP contribution in [0.25, 0.3) is 0 Å². The molecular weight excluding hydrogens is 330 g/mol. The van der Waals surface area contributed by atoms with Crippen molar-refractivity contribution in [2.45, 2.75) is 13.0 Å². The third-order valence-corrected chi connectivity index (χ3v) is 3.94. The van der Waals surface area contributed by atoms with Crippen LogP contribution in [0.5, 0.6) is 0 Å². The molecule has 0 spiro atoms. The Labute approximate surface area is 136 Å². The van der Waals surface area contributed by atoms with Gasteiger partial charge >= 0.3 is 5.97 Å². The van der Waals surface area contributed by atoms with Gasteiger partial charge in [0.05, 0.1) is 5.02 Å². The fraction of sp³-hybridized carbons (Fsp3) is 0.385. The molecule has 1 unspecified atom stereocenters. The van der Waals surface area contributed by atoms with Crippen molar-refractivity contribution in [3.05, 3.63) is 23.4 Å². The molecule has 0 aliphatic carbocycles. The van der Waals surface area contributed by atoms with Gasteiger partial charge in [-0.2, -0.15) is 0 Å². The van der Waals surface area contributed by atoms with Crippen LogP contribution in [0.2, 0.25) is 5.02 Å². The van der Waals surface area contributed by atoms with E-state index in [9.17, 15) is 14.4 Å². The van der Waals surface area contributed by atoms with Crippen LogP contribution >= 0.6 is 23.4 Å². The number of hydrogen-bond donors (Lipinski definition) is 1. The predicted octanol–water partition coefficient (Wildman–Crippen LogP) is 1.77. The molecule has 1 atom stereocenters. The van der Waals surface area contributed by atoms with Gasteiger partial charge in [0.25, 0.3) is 11.1 Å². The van der Waals surface area contributed by atoms with E-state index < -0.39 is 18.0 Å². The zero-order valence-corrected chi connectivity index (χ0v) is 13.3. The van der Waals surface area contributed by atoms with Crippen LogP contribution in [0, 0.1) is 0 Å². The Balaban J connectivity index is 1.81. The van der Waals surface area contributed by atoms with E-state index >= 15 is 0 Å². The summed E-state index contributed by atoms with van der Waals surface area (Å²) in [5.74, 6) is -0.166.